The number of aromatic nitrogens is 2. The molecule has 0 saturated heterocycles. The zero-order valence-corrected chi connectivity index (χ0v) is 9.66. The Balaban J connectivity index is 2.54. The van der Waals surface area contributed by atoms with E-state index in [0.29, 0.717) is 0 Å². The predicted molar refractivity (Wildman–Crippen MR) is 60.6 cm³/mol. The second kappa shape index (κ2) is 4.76. The number of nitro groups is 1. The van der Waals surface area contributed by atoms with E-state index in [9.17, 15) is 28.1 Å². The number of benzene rings is 1. The van der Waals surface area contributed by atoms with E-state index in [1.807, 2.05) is 0 Å². The second-order valence-corrected chi connectivity index (χ2v) is 3.77. The highest BCUT2D eigenvalue weighted by Crippen LogP contribution is 2.30. The van der Waals surface area contributed by atoms with Gasteiger partial charge in [-0.1, -0.05) is 6.07 Å². The summed E-state index contributed by atoms with van der Waals surface area (Å²) in [7, 11) is 0. The summed E-state index contributed by atoms with van der Waals surface area (Å²) >= 11 is 0. The number of halogens is 3. The van der Waals surface area contributed by atoms with E-state index in [1.165, 1.54) is 18.2 Å². The first kappa shape index (κ1) is 13.7. The van der Waals surface area contributed by atoms with Crippen LogP contribution in [0.25, 0.3) is 5.69 Å². The zero-order chi connectivity index (χ0) is 14.9. The number of hydrogen-bond donors (Lipinski definition) is 0. The van der Waals surface area contributed by atoms with Gasteiger partial charge in [0.25, 0.3) is 5.69 Å². The summed E-state index contributed by atoms with van der Waals surface area (Å²) in [5.41, 5.74) is -2.21. The third-order valence-electron chi connectivity index (χ3n) is 2.44. The fourth-order valence-corrected chi connectivity index (χ4v) is 1.58. The van der Waals surface area contributed by atoms with E-state index in [4.69, 9.17) is 0 Å². The largest absolute Gasteiger partial charge is 0.435 e. The average molecular weight is 285 g/mol. The summed E-state index contributed by atoms with van der Waals surface area (Å²) in [6, 6.07) is 4.90. The number of alkyl halides is 3. The normalized spacial score (nSPS) is 11.3. The summed E-state index contributed by atoms with van der Waals surface area (Å²) < 4.78 is 38.7. The van der Waals surface area contributed by atoms with Crippen LogP contribution in [-0.2, 0) is 6.18 Å². The van der Waals surface area contributed by atoms with E-state index >= 15 is 0 Å². The molecule has 104 valence electrons. The van der Waals surface area contributed by atoms with Crippen molar-refractivity contribution in [3.63, 3.8) is 0 Å². The number of rotatable bonds is 3. The molecular formula is C11H6F3N3O3. The Bertz CT molecular complexity index is 679. The lowest BCUT2D eigenvalue weighted by atomic mass is 10.2. The first-order valence-electron chi connectivity index (χ1n) is 5.20. The van der Waals surface area contributed by atoms with Gasteiger partial charge in [0.05, 0.1) is 16.2 Å². The van der Waals surface area contributed by atoms with E-state index in [0.717, 1.165) is 16.9 Å². The van der Waals surface area contributed by atoms with Gasteiger partial charge in [0.2, 0.25) is 0 Å². The van der Waals surface area contributed by atoms with Crippen LogP contribution < -0.4 is 0 Å². The molecule has 0 saturated carbocycles. The molecular weight excluding hydrogens is 279 g/mol. The van der Waals surface area contributed by atoms with Crippen molar-refractivity contribution in [1.82, 2.24) is 9.78 Å². The summed E-state index contributed by atoms with van der Waals surface area (Å²) in [5, 5.41) is 13.9. The van der Waals surface area contributed by atoms with E-state index in [-0.39, 0.29) is 17.7 Å². The number of nitro benzene ring substituents is 1. The second-order valence-electron chi connectivity index (χ2n) is 3.77. The molecule has 0 aliphatic carbocycles. The van der Waals surface area contributed by atoms with Crippen LogP contribution in [0.15, 0.2) is 30.5 Å². The lowest BCUT2D eigenvalue weighted by molar-refractivity contribution is -0.384. The van der Waals surface area contributed by atoms with Crippen LogP contribution in [0.5, 0.6) is 0 Å². The van der Waals surface area contributed by atoms with E-state index in [1.54, 1.807) is 0 Å². The lowest BCUT2D eigenvalue weighted by Crippen LogP contribution is -2.09. The standard InChI is InChI=1S/C11H6F3N3O3/c12-11(13,14)10-7(6-18)5-16(15-10)8-2-1-3-9(4-8)17(19)20/h1-6H. The molecule has 9 heteroatoms. The maximum Gasteiger partial charge on any atom is 0.435 e. The van der Waals surface area contributed by atoms with Crippen LogP contribution in [-0.4, -0.2) is 21.0 Å². The number of hydrogen-bond acceptors (Lipinski definition) is 4. The fraction of sp³-hybridized carbons (Fsp3) is 0.0909. The Hall–Kier alpha value is -2.71. The lowest BCUT2D eigenvalue weighted by Gasteiger charge is -2.03. The molecule has 0 aliphatic rings. The summed E-state index contributed by atoms with van der Waals surface area (Å²) in [6.07, 6.45) is -3.87. The third-order valence-corrected chi connectivity index (χ3v) is 2.44. The van der Waals surface area contributed by atoms with Gasteiger partial charge in [0, 0.05) is 18.3 Å². The quantitative estimate of drug-likeness (QED) is 0.493. The predicted octanol–water partition coefficient (Wildman–Crippen LogP) is 2.61. The molecule has 1 aromatic heterocycles. The first-order valence-corrected chi connectivity index (χ1v) is 5.20. The minimum absolute atomic E-state index is 0.0314. The van der Waals surface area contributed by atoms with Gasteiger partial charge in [-0.15, -0.1) is 0 Å². The SMILES string of the molecule is O=Cc1cn(-c2cccc([N+](=O)[O-])c2)nc1C(F)(F)F. The van der Waals surface area contributed by atoms with Gasteiger partial charge in [-0.3, -0.25) is 14.9 Å². The molecule has 0 amide bonds. The Morgan fingerprint density at radius 3 is 2.55 bits per heavy atom. The van der Waals surface area contributed by atoms with Crippen molar-refractivity contribution in [1.29, 1.82) is 0 Å². The van der Waals surface area contributed by atoms with Crippen molar-refractivity contribution in [3.05, 3.63) is 51.8 Å². The van der Waals surface area contributed by atoms with Gasteiger partial charge in [-0.2, -0.15) is 18.3 Å². The van der Waals surface area contributed by atoms with Crippen molar-refractivity contribution in [2.45, 2.75) is 6.18 Å². The number of nitrogens with zero attached hydrogens (tertiary/aromatic N) is 3. The summed E-state index contributed by atoms with van der Waals surface area (Å²) in [6.45, 7) is 0. The highest BCUT2D eigenvalue weighted by molar-refractivity contribution is 5.76. The maximum atomic E-state index is 12.6. The van der Waals surface area contributed by atoms with Crippen LogP contribution in [0.3, 0.4) is 0 Å². The maximum absolute atomic E-state index is 12.6. The molecule has 0 aliphatic heterocycles. The number of aldehydes is 1. The number of non-ortho nitro benzene ring substituents is 1. The monoisotopic (exact) mass is 285 g/mol. The van der Waals surface area contributed by atoms with Crippen molar-refractivity contribution >= 4 is 12.0 Å². The van der Waals surface area contributed by atoms with Crippen LogP contribution in [0.1, 0.15) is 16.1 Å². The van der Waals surface area contributed by atoms with E-state index in [2.05, 4.69) is 5.10 Å². The summed E-state index contributed by atoms with van der Waals surface area (Å²) in [5.74, 6) is 0. The molecule has 1 aromatic carbocycles. The molecule has 1 heterocycles. The molecule has 2 rings (SSSR count). The number of carbonyl (C=O) groups is 1. The molecule has 2 aromatic rings. The van der Waals surface area contributed by atoms with Crippen LogP contribution in [0.2, 0.25) is 0 Å². The molecule has 0 fully saturated rings. The summed E-state index contributed by atoms with van der Waals surface area (Å²) in [4.78, 5) is 20.6. The highest BCUT2D eigenvalue weighted by atomic mass is 19.4. The van der Waals surface area contributed by atoms with Gasteiger partial charge in [0.15, 0.2) is 12.0 Å². The van der Waals surface area contributed by atoms with Crippen molar-refractivity contribution in [3.8, 4) is 5.69 Å². The Morgan fingerprint density at radius 2 is 2.05 bits per heavy atom. The molecule has 20 heavy (non-hydrogen) atoms. The van der Waals surface area contributed by atoms with Crippen LogP contribution in [0.4, 0.5) is 18.9 Å². The number of carbonyl (C=O) groups excluding carboxylic acids is 1. The highest BCUT2D eigenvalue weighted by Gasteiger charge is 2.37. The van der Waals surface area contributed by atoms with Gasteiger partial charge in [-0.25, -0.2) is 4.68 Å². The van der Waals surface area contributed by atoms with Gasteiger partial charge < -0.3 is 0 Å². The van der Waals surface area contributed by atoms with Crippen molar-refractivity contribution < 1.29 is 22.9 Å². The molecule has 0 radical (unpaired) electrons. The topological polar surface area (TPSA) is 78.0 Å². The first-order chi connectivity index (χ1) is 9.32. The van der Waals surface area contributed by atoms with Crippen LogP contribution in [0, 0.1) is 10.1 Å². The van der Waals surface area contributed by atoms with Gasteiger partial charge in [0.1, 0.15) is 0 Å². The molecule has 0 N–H and O–H groups in total. The molecule has 0 bridgehead atoms. The molecule has 6 nitrogen and oxygen atoms in total. The molecule has 0 unspecified atom stereocenters. The van der Waals surface area contributed by atoms with Gasteiger partial charge in [-0.05, 0) is 6.07 Å². The third kappa shape index (κ3) is 2.51. The van der Waals surface area contributed by atoms with E-state index < -0.39 is 22.4 Å². The fourth-order valence-electron chi connectivity index (χ4n) is 1.58. The van der Waals surface area contributed by atoms with Crippen molar-refractivity contribution in [2.75, 3.05) is 0 Å². The van der Waals surface area contributed by atoms with Crippen LogP contribution >= 0.6 is 0 Å². The Labute approximate surface area is 109 Å². The Morgan fingerprint density at radius 1 is 1.35 bits per heavy atom. The minimum Gasteiger partial charge on any atom is -0.298 e. The zero-order valence-electron chi connectivity index (χ0n) is 9.66. The Kier molecular flexibility index (Phi) is 3.26. The average Bonchev–Trinajstić information content (AvgIpc) is 2.83. The smallest absolute Gasteiger partial charge is 0.298 e. The van der Waals surface area contributed by atoms with Crippen molar-refractivity contribution in [2.24, 2.45) is 0 Å². The van der Waals surface area contributed by atoms with Gasteiger partial charge >= 0.3 is 6.18 Å². The molecule has 0 atom stereocenters. The molecule has 0 spiro atoms. The minimum atomic E-state index is -4.78.